The van der Waals surface area contributed by atoms with Crippen molar-refractivity contribution in [3.05, 3.63) is 35.7 Å². The first-order valence-corrected chi connectivity index (χ1v) is 7.21. The van der Waals surface area contributed by atoms with Crippen LogP contribution in [-0.2, 0) is 5.75 Å². The van der Waals surface area contributed by atoms with Gasteiger partial charge in [-0.05, 0) is 39.8 Å². The Balaban J connectivity index is 1.93. The smallest absolute Gasteiger partial charge is 0.321 e. The van der Waals surface area contributed by atoms with E-state index in [1.165, 1.54) is 10.5 Å². The quantitative estimate of drug-likeness (QED) is 0.859. The summed E-state index contributed by atoms with van der Waals surface area (Å²) in [6, 6.07) is 8.86. The SMILES string of the molecule is Cc1cccc(SCc2noc(NC(C)(C)C)n2)c1. The molecular weight excluding hydrogens is 258 g/mol. The topological polar surface area (TPSA) is 51.0 Å². The van der Waals surface area contributed by atoms with Crippen LogP contribution in [-0.4, -0.2) is 15.7 Å². The fourth-order valence-corrected chi connectivity index (χ4v) is 2.39. The highest BCUT2D eigenvalue weighted by atomic mass is 32.2. The summed E-state index contributed by atoms with van der Waals surface area (Å²) >= 11 is 1.71. The monoisotopic (exact) mass is 277 g/mol. The van der Waals surface area contributed by atoms with Gasteiger partial charge >= 0.3 is 6.01 Å². The van der Waals surface area contributed by atoms with E-state index in [2.05, 4.69) is 67.4 Å². The minimum absolute atomic E-state index is 0.0759. The van der Waals surface area contributed by atoms with Crippen molar-refractivity contribution in [1.29, 1.82) is 0 Å². The first-order chi connectivity index (χ1) is 8.92. The van der Waals surface area contributed by atoms with Crippen molar-refractivity contribution in [1.82, 2.24) is 10.1 Å². The van der Waals surface area contributed by atoms with Gasteiger partial charge in [0.2, 0.25) is 0 Å². The summed E-state index contributed by atoms with van der Waals surface area (Å²) < 4.78 is 5.17. The average Bonchev–Trinajstić information content (AvgIpc) is 2.72. The molecule has 0 saturated heterocycles. The molecule has 1 N–H and O–H groups in total. The van der Waals surface area contributed by atoms with Gasteiger partial charge < -0.3 is 9.84 Å². The maximum absolute atomic E-state index is 5.17. The molecule has 0 bridgehead atoms. The zero-order valence-corrected chi connectivity index (χ0v) is 12.5. The predicted octanol–water partition coefficient (Wildman–Crippen LogP) is 3.88. The van der Waals surface area contributed by atoms with Crippen molar-refractivity contribution in [2.75, 3.05) is 5.32 Å². The van der Waals surface area contributed by atoms with E-state index in [9.17, 15) is 0 Å². The highest BCUT2D eigenvalue weighted by Gasteiger charge is 2.14. The van der Waals surface area contributed by atoms with Gasteiger partial charge in [-0.1, -0.05) is 22.9 Å². The van der Waals surface area contributed by atoms with Crippen molar-refractivity contribution >= 4 is 17.8 Å². The maximum Gasteiger partial charge on any atom is 0.321 e. The van der Waals surface area contributed by atoms with Crippen molar-refractivity contribution in [3.8, 4) is 0 Å². The molecule has 0 atom stereocenters. The molecule has 19 heavy (non-hydrogen) atoms. The van der Waals surface area contributed by atoms with Gasteiger partial charge in [0.05, 0.1) is 5.75 Å². The van der Waals surface area contributed by atoms with Crippen molar-refractivity contribution in [3.63, 3.8) is 0 Å². The number of benzene rings is 1. The van der Waals surface area contributed by atoms with Crippen LogP contribution in [0.2, 0.25) is 0 Å². The van der Waals surface area contributed by atoms with Crippen LogP contribution in [0.3, 0.4) is 0 Å². The number of rotatable bonds is 4. The number of thioether (sulfide) groups is 1. The molecule has 0 amide bonds. The summed E-state index contributed by atoms with van der Waals surface area (Å²) in [4.78, 5) is 5.54. The number of hydrogen-bond acceptors (Lipinski definition) is 5. The lowest BCUT2D eigenvalue weighted by molar-refractivity contribution is 0.414. The molecule has 0 unspecified atom stereocenters. The lowest BCUT2D eigenvalue weighted by Gasteiger charge is -2.17. The number of nitrogens with zero attached hydrogens (tertiary/aromatic N) is 2. The second-order valence-electron chi connectivity index (χ2n) is 5.50. The standard InChI is InChI=1S/C14H19N3OS/c1-10-6-5-7-11(8-10)19-9-12-15-13(18-17-12)16-14(2,3)4/h5-8H,9H2,1-4H3,(H,15,16,17). The van der Waals surface area contributed by atoms with Gasteiger partial charge in [0, 0.05) is 10.4 Å². The molecule has 5 heteroatoms. The first kappa shape index (κ1) is 13.9. The molecule has 0 fully saturated rings. The number of aryl methyl sites for hydroxylation is 1. The molecular formula is C14H19N3OS. The summed E-state index contributed by atoms with van der Waals surface area (Å²) in [6.45, 7) is 8.25. The van der Waals surface area contributed by atoms with E-state index in [1.807, 2.05) is 0 Å². The highest BCUT2D eigenvalue weighted by Crippen LogP contribution is 2.23. The summed E-state index contributed by atoms with van der Waals surface area (Å²) in [7, 11) is 0. The molecule has 1 heterocycles. The first-order valence-electron chi connectivity index (χ1n) is 6.23. The normalized spacial score (nSPS) is 11.6. The maximum atomic E-state index is 5.17. The lowest BCUT2D eigenvalue weighted by atomic mass is 10.1. The van der Waals surface area contributed by atoms with Gasteiger partial charge in [0.25, 0.3) is 0 Å². The van der Waals surface area contributed by atoms with E-state index >= 15 is 0 Å². The molecule has 0 aliphatic carbocycles. The zero-order chi connectivity index (χ0) is 13.9. The van der Waals surface area contributed by atoms with Gasteiger partial charge in [-0.25, -0.2) is 0 Å². The largest absolute Gasteiger partial charge is 0.333 e. The molecule has 0 spiro atoms. The Morgan fingerprint density at radius 2 is 2.11 bits per heavy atom. The van der Waals surface area contributed by atoms with Crippen LogP contribution in [0.15, 0.2) is 33.7 Å². The number of hydrogen-bond donors (Lipinski definition) is 1. The molecule has 2 rings (SSSR count). The van der Waals surface area contributed by atoms with Crippen LogP contribution in [0, 0.1) is 6.92 Å². The Bertz CT molecular complexity index is 546. The minimum atomic E-state index is -0.0759. The minimum Gasteiger partial charge on any atom is -0.333 e. The third kappa shape index (κ3) is 4.59. The van der Waals surface area contributed by atoms with Crippen LogP contribution in [0.1, 0.15) is 32.2 Å². The average molecular weight is 277 g/mol. The molecule has 102 valence electrons. The summed E-state index contributed by atoms with van der Waals surface area (Å²) in [5.41, 5.74) is 1.18. The third-order valence-electron chi connectivity index (χ3n) is 2.31. The Morgan fingerprint density at radius 3 is 2.79 bits per heavy atom. The second kappa shape index (κ2) is 5.65. The lowest BCUT2D eigenvalue weighted by Crippen LogP contribution is -2.26. The Labute approximate surface area is 118 Å². The highest BCUT2D eigenvalue weighted by molar-refractivity contribution is 7.98. The van der Waals surface area contributed by atoms with E-state index in [0.29, 0.717) is 17.6 Å². The third-order valence-corrected chi connectivity index (χ3v) is 3.30. The zero-order valence-electron chi connectivity index (χ0n) is 11.7. The van der Waals surface area contributed by atoms with Gasteiger partial charge in [0.15, 0.2) is 5.82 Å². The Morgan fingerprint density at radius 1 is 1.32 bits per heavy atom. The van der Waals surface area contributed by atoms with E-state index in [-0.39, 0.29) is 5.54 Å². The van der Waals surface area contributed by atoms with Crippen molar-refractivity contribution in [2.45, 2.75) is 43.9 Å². The van der Waals surface area contributed by atoms with Crippen molar-refractivity contribution < 1.29 is 4.52 Å². The predicted molar refractivity (Wildman–Crippen MR) is 78.4 cm³/mol. The summed E-state index contributed by atoms with van der Waals surface area (Å²) in [5.74, 6) is 1.41. The molecule has 1 aromatic heterocycles. The number of anilines is 1. The van der Waals surface area contributed by atoms with Crippen LogP contribution in [0.25, 0.3) is 0 Å². The number of aromatic nitrogens is 2. The van der Waals surface area contributed by atoms with Gasteiger partial charge in [-0.15, -0.1) is 11.8 Å². The summed E-state index contributed by atoms with van der Waals surface area (Å²) in [5, 5.41) is 7.13. The second-order valence-corrected chi connectivity index (χ2v) is 6.54. The van der Waals surface area contributed by atoms with E-state index < -0.39 is 0 Å². The van der Waals surface area contributed by atoms with Gasteiger partial charge in [-0.2, -0.15) is 4.98 Å². The fraction of sp³-hybridized carbons (Fsp3) is 0.429. The Hall–Kier alpha value is -1.49. The molecule has 0 saturated carbocycles. The van der Waals surface area contributed by atoms with Crippen LogP contribution in [0.5, 0.6) is 0 Å². The van der Waals surface area contributed by atoms with Crippen LogP contribution in [0.4, 0.5) is 6.01 Å². The van der Waals surface area contributed by atoms with E-state index in [4.69, 9.17) is 4.52 Å². The summed E-state index contributed by atoms with van der Waals surface area (Å²) in [6.07, 6.45) is 0. The van der Waals surface area contributed by atoms with Gasteiger partial charge in [0.1, 0.15) is 0 Å². The van der Waals surface area contributed by atoms with E-state index in [1.54, 1.807) is 11.8 Å². The molecule has 0 aliphatic rings. The Kier molecular flexibility index (Phi) is 4.14. The molecule has 0 aliphatic heterocycles. The van der Waals surface area contributed by atoms with Crippen molar-refractivity contribution in [2.24, 2.45) is 0 Å². The van der Waals surface area contributed by atoms with Crippen LogP contribution >= 0.6 is 11.8 Å². The van der Waals surface area contributed by atoms with Gasteiger partial charge in [-0.3, -0.25) is 0 Å². The fourth-order valence-electron chi connectivity index (χ4n) is 1.54. The van der Waals surface area contributed by atoms with Crippen LogP contribution < -0.4 is 5.32 Å². The number of nitrogens with one attached hydrogen (secondary N) is 1. The molecule has 0 radical (unpaired) electrons. The molecule has 2 aromatic rings. The van der Waals surface area contributed by atoms with E-state index in [0.717, 1.165) is 0 Å². The molecule has 1 aromatic carbocycles. The molecule has 4 nitrogen and oxygen atoms in total.